The fourth-order valence-corrected chi connectivity index (χ4v) is 1.80. The van der Waals surface area contributed by atoms with Crippen LogP contribution in [0.15, 0.2) is 30.5 Å². The number of pyridine rings is 1. The summed E-state index contributed by atoms with van der Waals surface area (Å²) in [7, 11) is 1.49. The number of amides is 1. The van der Waals surface area contributed by atoms with Crippen LogP contribution in [0.2, 0.25) is 5.02 Å². The minimum Gasteiger partial charge on any atom is -0.372 e. The van der Waals surface area contributed by atoms with E-state index in [0.717, 1.165) is 5.39 Å². The molecule has 0 aliphatic rings. The van der Waals surface area contributed by atoms with Crippen molar-refractivity contribution in [3.05, 3.63) is 35.5 Å². The summed E-state index contributed by atoms with van der Waals surface area (Å²) in [5.74, 6) is -0.216. The second-order valence-electron chi connectivity index (χ2n) is 3.86. The lowest BCUT2D eigenvalue weighted by atomic mass is 10.2. The standard InChI is InChI=1S/C13H13ClN2O2/c1-8(18-2)13(17)16-11-6-5-10(14)9-4-3-7-15-12(9)11/h3-8H,1-2H3,(H,16,17). The molecule has 0 radical (unpaired) electrons. The molecule has 94 valence electrons. The van der Waals surface area contributed by atoms with Crippen molar-refractivity contribution in [2.45, 2.75) is 13.0 Å². The number of hydrogen-bond donors (Lipinski definition) is 1. The molecule has 2 aromatic rings. The minimum atomic E-state index is -0.514. The first kappa shape index (κ1) is 12.8. The Morgan fingerprint density at radius 3 is 2.94 bits per heavy atom. The van der Waals surface area contributed by atoms with Crippen molar-refractivity contribution in [3.63, 3.8) is 0 Å². The van der Waals surface area contributed by atoms with Crippen LogP contribution < -0.4 is 5.32 Å². The number of carbonyl (C=O) groups excluding carboxylic acids is 1. The van der Waals surface area contributed by atoms with Gasteiger partial charge >= 0.3 is 0 Å². The molecule has 0 saturated carbocycles. The van der Waals surface area contributed by atoms with Gasteiger partial charge in [-0.15, -0.1) is 0 Å². The Morgan fingerprint density at radius 1 is 1.44 bits per heavy atom. The SMILES string of the molecule is COC(C)C(=O)Nc1ccc(Cl)c2cccnc12. The molecule has 18 heavy (non-hydrogen) atoms. The quantitative estimate of drug-likeness (QED) is 0.927. The highest BCUT2D eigenvalue weighted by Gasteiger charge is 2.14. The Labute approximate surface area is 110 Å². The van der Waals surface area contributed by atoms with E-state index in [2.05, 4.69) is 10.3 Å². The topological polar surface area (TPSA) is 51.2 Å². The summed E-state index contributed by atoms with van der Waals surface area (Å²) in [5, 5.41) is 4.19. The van der Waals surface area contributed by atoms with Crippen molar-refractivity contribution in [1.82, 2.24) is 4.98 Å². The van der Waals surface area contributed by atoms with E-state index in [-0.39, 0.29) is 5.91 Å². The van der Waals surface area contributed by atoms with E-state index in [1.807, 2.05) is 6.07 Å². The van der Waals surface area contributed by atoms with E-state index in [1.165, 1.54) is 7.11 Å². The summed E-state index contributed by atoms with van der Waals surface area (Å²) < 4.78 is 4.96. The second-order valence-corrected chi connectivity index (χ2v) is 4.27. The smallest absolute Gasteiger partial charge is 0.253 e. The van der Waals surface area contributed by atoms with E-state index in [0.29, 0.717) is 16.2 Å². The van der Waals surface area contributed by atoms with Gasteiger partial charge in [-0.25, -0.2) is 0 Å². The molecular formula is C13H13ClN2O2. The Kier molecular flexibility index (Phi) is 3.79. The Balaban J connectivity index is 2.40. The molecule has 0 aliphatic carbocycles. The molecule has 1 aromatic heterocycles. The first-order valence-corrected chi connectivity index (χ1v) is 5.88. The Hall–Kier alpha value is -1.65. The fourth-order valence-electron chi connectivity index (χ4n) is 1.58. The number of methoxy groups -OCH3 is 1. The van der Waals surface area contributed by atoms with Gasteiger partial charge in [-0.2, -0.15) is 0 Å². The maximum Gasteiger partial charge on any atom is 0.253 e. The normalized spacial score (nSPS) is 12.4. The molecule has 1 aromatic carbocycles. The van der Waals surface area contributed by atoms with E-state index < -0.39 is 6.10 Å². The summed E-state index contributed by atoms with van der Waals surface area (Å²) in [5.41, 5.74) is 1.30. The molecule has 2 rings (SSSR count). The second kappa shape index (κ2) is 5.33. The van der Waals surface area contributed by atoms with Crippen LogP contribution in [0.3, 0.4) is 0 Å². The summed E-state index contributed by atoms with van der Waals surface area (Å²) >= 11 is 6.08. The lowest BCUT2D eigenvalue weighted by Crippen LogP contribution is -2.26. The molecule has 0 spiro atoms. The number of anilines is 1. The first-order chi connectivity index (χ1) is 8.63. The number of nitrogens with zero attached hydrogens (tertiary/aromatic N) is 1. The average Bonchev–Trinajstić information content (AvgIpc) is 2.41. The van der Waals surface area contributed by atoms with Crippen molar-refractivity contribution in [3.8, 4) is 0 Å². The molecule has 0 bridgehead atoms. The molecular weight excluding hydrogens is 252 g/mol. The third-order valence-electron chi connectivity index (χ3n) is 2.70. The summed E-state index contributed by atoms with van der Waals surface area (Å²) in [4.78, 5) is 16.0. The van der Waals surface area contributed by atoms with Gasteiger partial charge in [-0.05, 0) is 31.2 Å². The lowest BCUT2D eigenvalue weighted by molar-refractivity contribution is -0.124. The van der Waals surface area contributed by atoms with E-state index in [4.69, 9.17) is 16.3 Å². The molecule has 1 atom stereocenters. The molecule has 5 heteroatoms. The van der Waals surface area contributed by atoms with Crippen LogP contribution >= 0.6 is 11.6 Å². The molecule has 0 aliphatic heterocycles. The van der Waals surface area contributed by atoms with Gasteiger partial charge in [0.1, 0.15) is 6.10 Å². The van der Waals surface area contributed by atoms with Gasteiger partial charge in [0.15, 0.2) is 0 Å². The number of rotatable bonds is 3. The van der Waals surface area contributed by atoms with Gasteiger partial charge in [-0.3, -0.25) is 9.78 Å². The minimum absolute atomic E-state index is 0.216. The van der Waals surface area contributed by atoms with Crippen molar-refractivity contribution in [2.75, 3.05) is 12.4 Å². The van der Waals surface area contributed by atoms with Gasteiger partial charge in [0.05, 0.1) is 16.2 Å². The number of carbonyl (C=O) groups is 1. The fraction of sp³-hybridized carbons (Fsp3) is 0.231. The zero-order valence-corrected chi connectivity index (χ0v) is 10.9. The summed E-state index contributed by atoms with van der Waals surface area (Å²) in [6, 6.07) is 7.13. The zero-order chi connectivity index (χ0) is 13.1. The molecule has 0 saturated heterocycles. The van der Waals surface area contributed by atoms with Gasteiger partial charge in [-0.1, -0.05) is 11.6 Å². The van der Waals surface area contributed by atoms with Crippen LogP contribution in [0.5, 0.6) is 0 Å². The third kappa shape index (κ3) is 2.44. The zero-order valence-electron chi connectivity index (χ0n) is 10.1. The molecule has 1 N–H and O–H groups in total. The maximum atomic E-state index is 11.8. The highest BCUT2D eigenvalue weighted by Crippen LogP contribution is 2.27. The van der Waals surface area contributed by atoms with E-state index in [9.17, 15) is 4.79 Å². The molecule has 1 heterocycles. The number of aromatic nitrogens is 1. The first-order valence-electron chi connectivity index (χ1n) is 5.50. The van der Waals surface area contributed by atoms with Crippen LogP contribution in [0.1, 0.15) is 6.92 Å². The predicted octanol–water partition coefficient (Wildman–Crippen LogP) is 2.86. The van der Waals surface area contributed by atoms with Gasteiger partial charge in [0.25, 0.3) is 5.91 Å². The van der Waals surface area contributed by atoms with Gasteiger partial charge in [0, 0.05) is 18.7 Å². The highest BCUT2D eigenvalue weighted by molar-refractivity contribution is 6.35. The van der Waals surface area contributed by atoms with Crippen molar-refractivity contribution >= 4 is 34.1 Å². The maximum absolute atomic E-state index is 11.8. The lowest BCUT2D eigenvalue weighted by Gasteiger charge is -2.12. The van der Waals surface area contributed by atoms with Crippen LogP contribution in [-0.2, 0) is 9.53 Å². The molecule has 4 nitrogen and oxygen atoms in total. The number of benzene rings is 1. The number of fused-ring (bicyclic) bond motifs is 1. The monoisotopic (exact) mass is 264 g/mol. The predicted molar refractivity (Wildman–Crippen MR) is 71.9 cm³/mol. The highest BCUT2D eigenvalue weighted by atomic mass is 35.5. The van der Waals surface area contributed by atoms with Crippen molar-refractivity contribution in [1.29, 1.82) is 0 Å². The third-order valence-corrected chi connectivity index (χ3v) is 3.03. The van der Waals surface area contributed by atoms with Gasteiger partial charge in [0.2, 0.25) is 0 Å². The molecule has 1 amide bonds. The average molecular weight is 265 g/mol. The molecule has 0 fully saturated rings. The van der Waals surface area contributed by atoms with Crippen LogP contribution in [0, 0.1) is 0 Å². The number of ether oxygens (including phenoxy) is 1. The number of halogens is 1. The van der Waals surface area contributed by atoms with E-state index in [1.54, 1.807) is 31.3 Å². The van der Waals surface area contributed by atoms with Crippen LogP contribution in [0.25, 0.3) is 10.9 Å². The summed E-state index contributed by atoms with van der Waals surface area (Å²) in [6.07, 6.45) is 1.15. The molecule has 1 unspecified atom stereocenters. The van der Waals surface area contributed by atoms with Crippen LogP contribution in [0.4, 0.5) is 5.69 Å². The number of hydrogen-bond acceptors (Lipinski definition) is 3. The van der Waals surface area contributed by atoms with E-state index >= 15 is 0 Å². The van der Waals surface area contributed by atoms with Gasteiger partial charge < -0.3 is 10.1 Å². The largest absolute Gasteiger partial charge is 0.372 e. The van der Waals surface area contributed by atoms with Crippen molar-refractivity contribution < 1.29 is 9.53 Å². The Morgan fingerprint density at radius 2 is 2.22 bits per heavy atom. The van der Waals surface area contributed by atoms with Crippen molar-refractivity contribution in [2.24, 2.45) is 0 Å². The summed E-state index contributed by atoms with van der Waals surface area (Å²) in [6.45, 7) is 1.68. The van der Waals surface area contributed by atoms with Crippen LogP contribution in [-0.4, -0.2) is 24.1 Å². The number of nitrogens with one attached hydrogen (secondary N) is 1. The Bertz CT molecular complexity index is 586.